The van der Waals surface area contributed by atoms with Gasteiger partial charge < -0.3 is 18.9 Å². The summed E-state index contributed by atoms with van der Waals surface area (Å²) in [6, 6.07) is 12.5. The second kappa shape index (κ2) is 9.46. The van der Waals surface area contributed by atoms with Crippen molar-refractivity contribution in [2.24, 2.45) is 5.10 Å². The van der Waals surface area contributed by atoms with Crippen molar-refractivity contribution in [3.63, 3.8) is 0 Å². The average Bonchev–Trinajstić information content (AvgIpc) is 3.29. The van der Waals surface area contributed by atoms with Gasteiger partial charge >= 0.3 is 0 Å². The summed E-state index contributed by atoms with van der Waals surface area (Å²) in [5, 5.41) is 10.9. The van der Waals surface area contributed by atoms with Crippen LogP contribution in [0.1, 0.15) is 16.1 Å². The van der Waals surface area contributed by atoms with Crippen molar-refractivity contribution in [3.8, 4) is 34.3 Å². The van der Waals surface area contributed by atoms with Gasteiger partial charge in [0, 0.05) is 11.1 Å². The smallest absolute Gasteiger partial charge is 0.289 e. The molecule has 156 valence electrons. The Morgan fingerprint density at radius 2 is 1.70 bits per heavy atom. The Bertz CT molecular complexity index is 1040. The Morgan fingerprint density at radius 3 is 2.33 bits per heavy atom. The highest BCUT2D eigenvalue weighted by Crippen LogP contribution is 2.38. The molecule has 3 aromatic rings. The van der Waals surface area contributed by atoms with Crippen molar-refractivity contribution in [3.05, 3.63) is 53.7 Å². The molecule has 0 atom stereocenters. The number of hydrogen-bond donors (Lipinski definition) is 2. The molecule has 30 heavy (non-hydrogen) atoms. The fraction of sp³-hybridized carbons (Fsp3) is 0.190. The summed E-state index contributed by atoms with van der Waals surface area (Å²) in [4.78, 5) is 12.4. The molecule has 3 rings (SSSR count). The van der Waals surface area contributed by atoms with E-state index in [0.717, 1.165) is 11.3 Å². The Labute approximate surface area is 173 Å². The van der Waals surface area contributed by atoms with E-state index in [-0.39, 0.29) is 5.69 Å². The van der Waals surface area contributed by atoms with Gasteiger partial charge in [0.25, 0.3) is 5.91 Å². The second-order valence-corrected chi connectivity index (χ2v) is 6.02. The van der Waals surface area contributed by atoms with Gasteiger partial charge in [-0.2, -0.15) is 10.2 Å². The minimum atomic E-state index is -0.432. The third-order valence-electron chi connectivity index (χ3n) is 4.31. The van der Waals surface area contributed by atoms with Crippen LogP contribution in [-0.4, -0.2) is 50.8 Å². The van der Waals surface area contributed by atoms with E-state index in [9.17, 15) is 4.79 Å². The molecule has 0 radical (unpaired) electrons. The molecule has 0 aliphatic rings. The molecule has 0 aliphatic carbocycles. The van der Waals surface area contributed by atoms with Gasteiger partial charge in [0.05, 0.1) is 40.3 Å². The molecule has 2 aromatic carbocycles. The number of hydrogen-bond acceptors (Lipinski definition) is 7. The highest BCUT2D eigenvalue weighted by atomic mass is 16.5. The number of methoxy groups -OCH3 is 4. The Morgan fingerprint density at radius 1 is 0.967 bits per heavy atom. The summed E-state index contributed by atoms with van der Waals surface area (Å²) < 4.78 is 21.1. The van der Waals surface area contributed by atoms with Crippen molar-refractivity contribution in [1.29, 1.82) is 0 Å². The lowest BCUT2D eigenvalue weighted by Crippen LogP contribution is -2.18. The van der Waals surface area contributed by atoms with E-state index in [1.807, 2.05) is 24.3 Å². The predicted octanol–water partition coefficient (Wildman–Crippen LogP) is 2.88. The summed E-state index contributed by atoms with van der Waals surface area (Å²) in [7, 11) is 6.17. The van der Waals surface area contributed by atoms with E-state index in [2.05, 4.69) is 20.7 Å². The van der Waals surface area contributed by atoms with Crippen LogP contribution in [0.2, 0.25) is 0 Å². The third-order valence-corrected chi connectivity index (χ3v) is 4.31. The molecule has 1 heterocycles. The number of rotatable bonds is 8. The zero-order chi connectivity index (χ0) is 21.5. The Hall–Kier alpha value is -4.01. The van der Waals surface area contributed by atoms with Crippen LogP contribution in [0.5, 0.6) is 23.0 Å². The number of aromatic nitrogens is 2. The van der Waals surface area contributed by atoms with Crippen LogP contribution >= 0.6 is 0 Å². The number of aromatic amines is 1. The first kappa shape index (κ1) is 20.7. The maximum atomic E-state index is 12.4. The highest BCUT2D eigenvalue weighted by Gasteiger charge is 2.15. The second-order valence-electron chi connectivity index (χ2n) is 6.02. The van der Waals surface area contributed by atoms with Gasteiger partial charge in [0.2, 0.25) is 5.75 Å². The monoisotopic (exact) mass is 410 g/mol. The quantitative estimate of drug-likeness (QED) is 0.437. The summed E-state index contributed by atoms with van der Waals surface area (Å²) in [5.74, 6) is 1.72. The van der Waals surface area contributed by atoms with E-state index < -0.39 is 5.91 Å². The number of H-pyrrole nitrogens is 1. The first-order chi connectivity index (χ1) is 14.6. The summed E-state index contributed by atoms with van der Waals surface area (Å²) >= 11 is 0. The SMILES string of the molecule is COc1ccc(-c2cc(C(=O)NN=Cc3ccc(OC)c(OC)c3OC)[nH]n2)cc1. The van der Waals surface area contributed by atoms with Crippen LogP contribution in [0.4, 0.5) is 0 Å². The molecule has 0 spiro atoms. The summed E-state index contributed by atoms with van der Waals surface area (Å²) in [6.45, 7) is 0. The van der Waals surface area contributed by atoms with Gasteiger partial charge in [-0.3, -0.25) is 9.89 Å². The molecule has 2 N–H and O–H groups in total. The van der Waals surface area contributed by atoms with E-state index in [1.54, 1.807) is 25.3 Å². The fourth-order valence-corrected chi connectivity index (χ4v) is 2.79. The van der Waals surface area contributed by atoms with Crippen LogP contribution in [0.3, 0.4) is 0 Å². The number of ether oxygens (including phenoxy) is 4. The van der Waals surface area contributed by atoms with Gasteiger partial charge in [0.15, 0.2) is 11.5 Å². The molecular weight excluding hydrogens is 388 g/mol. The molecule has 0 unspecified atom stereocenters. The number of carbonyl (C=O) groups excluding carboxylic acids is 1. The first-order valence-corrected chi connectivity index (χ1v) is 8.93. The number of carbonyl (C=O) groups is 1. The molecule has 9 nitrogen and oxygen atoms in total. The number of nitrogens with one attached hydrogen (secondary N) is 2. The molecule has 0 bridgehead atoms. The zero-order valence-corrected chi connectivity index (χ0v) is 17.1. The lowest BCUT2D eigenvalue weighted by molar-refractivity contribution is 0.0950. The highest BCUT2D eigenvalue weighted by molar-refractivity contribution is 5.94. The molecule has 1 amide bonds. The molecule has 9 heteroatoms. The van der Waals surface area contributed by atoms with Crippen LogP contribution in [0, 0.1) is 0 Å². The van der Waals surface area contributed by atoms with Crippen molar-refractivity contribution >= 4 is 12.1 Å². The van der Waals surface area contributed by atoms with E-state index in [1.165, 1.54) is 27.5 Å². The molecule has 1 aromatic heterocycles. The third kappa shape index (κ3) is 4.35. The van der Waals surface area contributed by atoms with Crippen molar-refractivity contribution in [2.75, 3.05) is 28.4 Å². The van der Waals surface area contributed by atoms with Gasteiger partial charge in [-0.15, -0.1) is 0 Å². The zero-order valence-electron chi connectivity index (χ0n) is 17.1. The normalized spacial score (nSPS) is 10.7. The van der Waals surface area contributed by atoms with Crippen molar-refractivity contribution < 1.29 is 23.7 Å². The fourth-order valence-electron chi connectivity index (χ4n) is 2.79. The molecule has 0 saturated heterocycles. The maximum absolute atomic E-state index is 12.4. The summed E-state index contributed by atoms with van der Waals surface area (Å²) in [6.07, 6.45) is 1.46. The van der Waals surface area contributed by atoms with Crippen molar-refractivity contribution in [2.45, 2.75) is 0 Å². The maximum Gasteiger partial charge on any atom is 0.289 e. The number of nitrogens with zero attached hydrogens (tertiary/aromatic N) is 2. The van der Waals surface area contributed by atoms with Crippen LogP contribution in [0.15, 0.2) is 47.6 Å². The average molecular weight is 410 g/mol. The standard InChI is InChI=1S/C21H22N4O5/c1-27-15-8-5-13(6-9-15)16-11-17(24-23-16)21(26)25-22-12-14-7-10-18(28-2)20(30-4)19(14)29-3/h5-12H,1-4H3,(H,23,24)(H,25,26). The van der Waals surface area contributed by atoms with E-state index in [4.69, 9.17) is 18.9 Å². The van der Waals surface area contributed by atoms with Gasteiger partial charge in [-0.1, -0.05) is 0 Å². The van der Waals surface area contributed by atoms with Crippen molar-refractivity contribution in [1.82, 2.24) is 15.6 Å². The number of amides is 1. The summed E-state index contributed by atoms with van der Waals surface area (Å²) in [5.41, 5.74) is 4.83. The van der Waals surface area contributed by atoms with E-state index in [0.29, 0.717) is 28.5 Å². The van der Waals surface area contributed by atoms with Gasteiger partial charge in [-0.25, -0.2) is 5.43 Å². The molecule has 0 fully saturated rings. The van der Waals surface area contributed by atoms with Gasteiger partial charge in [-0.05, 0) is 42.5 Å². The van der Waals surface area contributed by atoms with E-state index >= 15 is 0 Å². The van der Waals surface area contributed by atoms with Crippen LogP contribution < -0.4 is 24.4 Å². The lowest BCUT2D eigenvalue weighted by atomic mass is 10.1. The predicted molar refractivity (Wildman–Crippen MR) is 112 cm³/mol. The van der Waals surface area contributed by atoms with Crippen LogP contribution in [0.25, 0.3) is 11.3 Å². The Kier molecular flexibility index (Phi) is 6.53. The minimum absolute atomic E-state index is 0.275. The van der Waals surface area contributed by atoms with Crippen LogP contribution in [-0.2, 0) is 0 Å². The molecular formula is C21H22N4O5. The topological polar surface area (TPSA) is 107 Å². The first-order valence-electron chi connectivity index (χ1n) is 8.93. The molecule has 0 saturated carbocycles. The largest absolute Gasteiger partial charge is 0.497 e. The molecule has 0 aliphatic heterocycles. The van der Waals surface area contributed by atoms with Gasteiger partial charge in [0.1, 0.15) is 11.4 Å². The minimum Gasteiger partial charge on any atom is -0.497 e. The number of benzene rings is 2. The Balaban J connectivity index is 1.71. The number of hydrazone groups is 1. The lowest BCUT2D eigenvalue weighted by Gasteiger charge is -2.13.